The number of nitrogens with zero attached hydrogens (tertiary/aromatic N) is 6. The number of aromatic amines is 3. The zero-order valence-electron chi connectivity index (χ0n) is 74.4. The Hall–Kier alpha value is -12.7. The SMILES string of the molecule is CCCC[C@@H](C(=O)N(C)[C@@H](CCCC)C(=O)N[C@@H](CCCNC(=N)N)C(=O)N[C@@H](CS)C(=O)O)N(C)C(=O)[C@H](Cc1c[nH]c2ccccc12)NC(=O)[C@H](CO)NC(=O)[C@H](Cc1c[nH]c2ccccc12)NC(=O)[C@H](CO)NC(=O)[C@H](CC(C)C)NC(=O)[C@H](Cc1c[nH]cn1)NC(=O)[C@@H]1CCCN1C(=O)[C@H](CC(N)=O)NC(=O)[C@H](C)N(C)C(=O)[C@H](Cc1ccccc1)N(Cl)C(C)=O. The highest BCUT2D eigenvalue weighted by Crippen LogP contribution is 2.26. The predicted octanol–water partition coefficient (Wildman–Crippen LogP) is -0.567. The van der Waals surface area contributed by atoms with Crippen molar-refractivity contribution in [2.24, 2.45) is 17.4 Å². The number of fused-ring (bicyclic) bond motifs is 2. The number of amides is 15. The van der Waals surface area contributed by atoms with Gasteiger partial charge in [-0.15, -0.1) is 0 Å². The second kappa shape index (κ2) is 50.9. The van der Waals surface area contributed by atoms with Gasteiger partial charge in [0.05, 0.1) is 31.7 Å². The number of halogens is 1. The number of para-hydroxylation sites is 2. The van der Waals surface area contributed by atoms with Gasteiger partial charge in [-0.3, -0.25) is 77.3 Å². The molecular formula is C87H123ClN22O19S. The van der Waals surface area contributed by atoms with Gasteiger partial charge in [-0.1, -0.05) is 120 Å². The summed E-state index contributed by atoms with van der Waals surface area (Å²) < 4.78 is 0.720. The van der Waals surface area contributed by atoms with Crippen molar-refractivity contribution >= 4 is 147 Å². The number of guanidine groups is 1. The van der Waals surface area contributed by atoms with Crippen molar-refractivity contribution in [3.63, 3.8) is 0 Å². The van der Waals surface area contributed by atoms with Gasteiger partial charge < -0.3 is 115 Å². The van der Waals surface area contributed by atoms with E-state index < -0.39 is 199 Å². The van der Waals surface area contributed by atoms with Crippen LogP contribution in [0.25, 0.3) is 21.8 Å². The molecule has 41 nitrogen and oxygen atoms in total. The molecule has 130 heavy (non-hydrogen) atoms. The van der Waals surface area contributed by atoms with Crippen molar-refractivity contribution < 1.29 is 92.0 Å². The van der Waals surface area contributed by atoms with Gasteiger partial charge in [-0.25, -0.2) is 14.2 Å². The quantitative estimate of drug-likeness (QED) is 0.00748. The first-order valence-corrected chi connectivity index (χ1v) is 44.2. The summed E-state index contributed by atoms with van der Waals surface area (Å²) in [6.07, 6.45) is 6.42. The average molecular weight is 1850 g/mol. The lowest BCUT2D eigenvalue weighted by Gasteiger charge is -2.36. The van der Waals surface area contributed by atoms with Crippen molar-refractivity contribution in [1.29, 1.82) is 5.41 Å². The number of aromatic nitrogens is 4. The van der Waals surface area contributed by atoms with Gasteiger partial charge in [0.25, 0.3) is 0 Å². The number of H-pyrrole nitrogens is 3. The molecule has 1 fully saturated rings. The summed E-state index contributed by atoms with van der Waals surface area (Å²) in [4.78, 5) is 246. The Morgan fingerprint density at radius 3 is 1.57 bits per heavy atom. The van der Waals surface area contributed by atoms with E-state index >= 15 is 14.4 Å². The van der Waals surface area contributed by atoms with E-state index in [0.29, 0.717) is 64.2 Å². The van der Waals surface area contributed by atoms with Crippen LogP contribution in [0.15, 0.2) is 104 Å². The molecule has 0 aliphatic carbocycles. The van der Waals surface area contributed by atoms with E-state index in [2.05, 4.69) is 85.7 Å². The molecule has 1 aliphatic heterocycles. The van der Waals surface area contributed by atoms with E-state index in [0.717, 1.165) is 26.0 Å². The number of thiol groups is 1. The first-order valence-electron chi connectivity index (χ1n) is 43.2. The zero-order chi connectivity index (χ0) is 95.8. The van der Waals surface area contributed by atoms with Crippen LogP contribution in [0, 0.1) is 11.3 Å². The molecule has 6 aromatic rings. The number of aliphatic hydroxyl groups is 2. The second-order valence-corrected chi connectivity index (χ2v) is 33.4. The number of likely N-dealkylation sites (tertiary alicyclic amines) is 1. The van der Waals surface area contributed by atoms with E-state index in [1.807, 2.05) is 13.8 Å². The molecule has 21 N–H and O–H groups in total. The molecule has 0 spiro atoms. The molecule has 3 aromatic heterocycles. The summed E-state index contributed by atoms with van der Waals surface area (Å²) in [5, 5.41) is 66.5. The van der Waals surface area contributed by atoms with Gasteiger partial charge in [0.1, 0.15) is 84.6 Å². The normalized spacial score (nSPS) is 15.5. The summed E-state index contributed by atoms with van der Waals surface area (Å²) in [7, 11) is 4.01. The Morgan fingerprint density at radius 1 is 0.554 bits per heavy atom. The maximum Gasteiger partial charge on any atom is 0.327 e. The highest BCUT2D eigenvalue weighted by molar-refractivity contribution is 7.80. The second-order valence-electron chi connectivity index (χ2n) is 32.7. The summed E-state index contributed by atoms with van der Waals surface area (Å²) >= 11 is 10.4. The minimum absolute atomic E-state index is 0.0183. The number of nitrogens with two attached hydrogens (primary N) is 2. The lowest BCUT2D eigenvalue weighted by atomic mass is 10.00. The number of benzene rings is 3. The number of rotatable bonds is 52. The van der Waals surface area contributed by atoms with Crippen LogP contribution in [0.1, 0.15) is 141 Å². The molecule has 4 heterocycles. The topological polar surface area (TPSA) is 606 Å². The third-order valence-electron chi connectivity index (χ3n) is 22.6. The maximum absolute atomic E-state index is 15.5. The number of hydrogen-bond acceptors (Lipinski definition) is 21. The number of aliphatic hydroxyl groups excluding tert-OH is 2. The van der Waals surface area contributed by atoms with Crippen molar-refractivity contribution in [3.8, 4) is 0 Å². The number of imidazole rings is 1. The Balaban J connectivity index is 1.10. The lowest BCUT2D eigenvalue weighted by Crippen LogP contribution is -2.62. The van der Waals surface area contributed by atoms with Crippen LogP contribution in [-0.2, 0) is 102 Å². The summed E-state index contributed by atoms with van der Waals surface area (Å²) in [5.41, 5.74) is 14.2. The first-order chi connectivity index (χ1) is 61.9. The Morgan fingerprint density at radius 2 is 1.04 bits per heavy atom. The zero-order valence-corrected chi connectivity index (χ0v) is 76.0. The molecule has 708 valence electrons. The standard InChI is InChI=1S/C87H123ClN22O19S/c1-10-12-30-68(80(122)97-59(29-21-33-93-87(90)91)74(116)105-67(46-130)86(128)129)107(8)84(126)70(31-13-11-2)108(9)82(124)63(38-53-42-95-58-28-20-18-26-56(53)58)102-79(121)66(45-112)104-76(118)61(37-52-41-94-57-27-19-17-25-55(52)57)99-78(120)65(44-111)103-75(117)60(35-48(3)4)98-77(119)62(39-54-43-92-47-96-54)100-81(123)69-32-22-34-109(69)83(125)64(40-72(89)114)101-73(115)49(5)106(7)85(127)71(110(88)50(6)113)36-51-23-15-14-16-24-51/h14-20,23-28,41-43,47-49,59-71,94-95,111-112,130H,10-13,21-22,29-40,44-46H2,1-9H3,(H2,89,114)(H,92,96)(H,97,122)(H,98,119)(H,99,120)(H,100,123)(H,101,115)(H,102,121)(H,103,117)(H,104,118)(H,105,116)(H,128,129)(H4,90,91,93)/t49-,59-,60-,61-,62-,63-,64-,65-,66-,67-,68-,69-,70-,71-/m0/s1. The van der Waals surface area contributed by atoms with Crippen molar-refractivity contribution in [3.05, 3.63) is 126 Å². The van der Waals surface area contributed by atoms with Crippen molar-refractivity contribution in [2.75, 3.05) is 53.2 Å². The Labute approximate surface area is 763 Å². The molecule has 1 saturated heterocycles. The third-order valence-corrected chi connectivity index (χ3v) is 23.4. The molecule has 15 amide bonds. The number of unbranched alkanes of at least 4 members (excludes halogenated alkanes) is 2. The van der Waals surface area contributed by atoms with Crippen LogP contribution in [0.3, 0.4) is 0 Å². The van der Waals surface area contributed by atoms with Gasteiger partial charge in [-0.05, 0) is 86.6 Å². The highest BCUT2D eigenvalue weighted by Gasteiger charge is 2.44. The number of primary amides is 1. The molecule has 43 heteroatoms. The summed E-state index contributed by atoms with van der Waals surface area (Å²) in [6, 6.07) is 1.50. The average Bonchev–Trinajstić information content (AvgIpc) is 1.65. The smallest absolute Gasteiger partial charge is 0.327 e. The molecule has 3 aromatic carbocycles. The van der Waals surface area contributed by atoms with Crippen LogP contribution in [-0.4, -0.2) is 298 Å². The van der Waals surface area contributed by atoms with E-state index in [4.69, 9.17) is 28.7 Å². The first kappa shape index (κ1) is 104. The fraction of sp³-hybridized carbons (Fsp3) is 0.517. The number of carbonyl (C=O) groups is 16. The minimum atomic E-state index is -1.90. The monoisotopic (exact) mass is 1850 g/mol. The lowest BCUT2D eigenvalue weighted by molar-refractivity contribution is -0.149. The Bertz CT molecular complexity index is 4920. The predicted molar refractivity (Wildman–Crippen MR) is 483 cm³/mol. The van der Waals surface area contributed by atoms with Crippen LogP contribution >= 0.6 is 24.4 Å². The van der Waals surface area contributed by atoms with E-state index in [-0.39, 0.29) is 107 Å². The fourth-order valence-electron chi connectivity index (χ4n) is 15.2. The van der Waals surface area contributed by atoms with E-state index in [1.165, 1.54) is 45.5 Å². The molecule has 0 saturated carbocycles. The molecular weight excluding hydrogens is 1720 g/mol. The number of carboxylic acid groups (broad SMARTS) is 1. The minimum Gasteiger partial charge on any atom is -0.480 e. The van der Waals surface area contributed by atoms with E-state index in [1.54, 1.807) is 105 Å². The van der Waals surface area contributed by atoms with Crippen LogP contribution < -0.4 is 64.6 Å². The summed E-state index contributed by atoms with van der Waals surface area (Å²) in [6.45, 7) is 7.44. The molecule has 1 aliphatic rings. The number of carboxylic acids is 1. The van der Waals surface area contributed by atoms with Crippen molar-refractivity contribution in [2.45, 2.75) is 229 Å². The van der Waals surface area contributed by atoms with Crippen LogP contribution in [0.4, 0.5) is 0 Å². The number of hydrogen-bond donors (Lipinski definition) is 20. The number of aliphatic carboxylic acids is 1. The van der Waals surface area contributed by atoms with Gasteiger partial charge in [0.2, 0.25) is 88.6 Å². The molecule has 7 rings (SSSR count). The molecule has 0 unspecified atom stereocenters. The molecule has 0 radical (unpaired) electrons. The highest BCUT2D eigenvalue weighted by atomic mass is 35.5. The fourth-order valence-corrected chi connectivity index (χ4v) is 15.6. The van der Waals surface area contributed by atoms with Crippen LogP contribution in [0.2, 0.25) is 0 Å². The number of carbonyl (C=O) groups excluding carboxylic acids is 15. The largest absolute Gasteiger partial charge is 0.480 e. The van der Waals surface area contributed by atoms with Gasteiger partial charge >= 0.3 is 5.97 Å². The van der Waals surface area contributed by atoms with Crippen LogP contribution in [0.5, 0.6) is 0 Å². The third kappa shape index (κ3) is 29.7. The van der Waals surface area contributed by atoms with E-state index in [9.17, 15) is 77.6 Å². The van der Waals surface area contributed by atoms with Gasteiger partial charge in [0.15, 0.2) is 5.96 Å². The van der Waals surface area contributed by atoms with Gasteiger partial charge in [-0.2, -0.15) is 12.6 Å². The molecule has 14 atom stereocenters. The summed E-state index contributed by atoms with van der Waals surface area (Å²) in [5.74, 6) is -16.1. The number of nitrogens with one attached hydrogen (secondary N) is 14. The molecule has 0 bridgehead atoms. The van der Waals surface area contributed by atoms with Gasteiger partial charge in [0, 0.05) is 125 Å². The Kier molecular flexibility index (Phi) is 40.9. The number of likely N-dealkylation sites (N-methyl/N-ethyl adjacent to an activating group) is 3. The maximum atomic E-state index is 15.5. The van der Waals surface area contributed by atoms with Crippen molar-refractivity contribution in [1.82, 2.24) is 97.1 Å².